The molecule has 6 nitrogen and oxygen atoms in total. The summed E-state index contributed by atoms with van der Waals surface area (Å²) in [6.45, 7) is 0.369. The number of nitrogens with zero attached hydrogens (tertiary/aromatic N) is 1. The number of methoxy groups -OCH3 is 1. The molecule has 30 heavy (non-hydrogen) atoms. The quantitative estimate of drug-likeness (QED) is 0.253. The minimum absolute atomic E-state index is 0.108. The van der Waals surface area contributed by atoms with Crippen LogP contribution in [0.4, 0.5) is 0 Å². The van der Waals surface area contributed by atoms with E-state index in [4.69, 9.17) is 21.1 Å². The molecule has 3 rings (SSSR count). The van der Waals surface area contributed by atoms with Crippen LogP contribution < -0.4 is 14.9 Å². The Labute approximate surface area is 192 Å². The highest BCUT2D eigenvalue weighted by Gasteiger charge is 2.12. The van der Waals surface area contributed by atoms with Crippen LogP contribution in [0.1, 0.15) is 21.5 Å². The monoisotopic (exact) mass is 536 g/mol. The van der Waals surface area contributed by atoms with Crippen LogP contribution in [0.3, 0.4) is 0 Å². The number of amides is 1. The molecule has 1 amide bonds. The molecule has 0 unspecified atom stereocenters. The summed E-state index contributed by atoms with van der Waals surface area (Å²) >= 11 is 8.06. The van der Waals surface area contributed by atoms with Gasteiger partial charge < -0.3 is 14.6 Å². The lowest BCUT2D eigenvalue weighted by Crippen LogP contribution is -2.17. The molecule has 2 N–H and O–H groups in total. The lowest BCUT2D eigenvalue weighted by Gasteiger charge is -2.13. The van der Waals surface area contributed by atoms with Crippen LogP contribution in [0.5, 0.6) is 17.2 Å². The first-order chi connectivity index (χ1) is 14.5. The molecule has 154 valence electrons. The molecule has 0 aliphatic carbocycles. The van der Waals surface area contributed by atoms with Crippen molar-refractivity contribution in [2.24, 2.45) is 5.10 Å². The number of phenolic OH excluding ortho intramolecular Hbond substituents is 1. The van der Waals surface area contributed by atoms with E-state index in [1.54, 1.807) is 25.3 Å². The third-order valence-electron chi connectivity index (χ3n) is 4.08. The third-order valence-corrected chi connectivity index (χ3v) is 5.13. The zero-order valence-corrected chi connectivity index (χ0v) is 18.8. The number of hydrogen-bond donors (Lipinski definition) is 2. The van der Waals surface area contributed by atoms with Crippen molar-refractivity contribution in [3.63, 3.8) is 0 Å². The Morgan fingerprint density at radius 3 is 2.63 bits per heavy atom. The molecule has 0 atom stereocenters. The Bertz CT molecular complexity index is 1070. The largest absolute Gasteiger partial charge is 0.507 e. The molecule has 0 aliphatic rings. The fraction of sp³-hybridized carbons (Fsp3) is 0.0909. The number of ether oxygens (including phenoxy) is 2. The van der Waals surface area contributed by atoms with Crippen molar-refractivity contribution < 1.29 is 19.4 Å². The van der Waals surface area contributed by atoms with E-state index in [-0.39, 0.29) is 11.3 Å². The molecule has 0 aromatic heterocycles. The van der Waals surface area contributed by atoms with Gasteiger partial charge >= 0.3 is 0 Å². The number of para-hydroxylation sites is 1. The molecule has 0 heterocycles. The average Bonchev–Trinajstić information content (AvgIpc) is 2.74. The number of nitrogens with one attached hydrogen (secondary N) is 1. The normalized spacial score (nSPS) is 10.8. The molecule has 0 saturated heterocycles. The summed E-state index contributed by atoms with van der Waals surface area (Å²) in [6, 6.07) is 17.3. The minimum Gasteiger partial charge on any atom is -0.507 e. The molecule has 0 fully saturated rings. The number of phenols is 1. The van der Waals surface area contributed by atoms with Gasteiger partial charge in [0.15, 0.2) is 11.5 Å². The number of benzene rings is 3. The lowest BCUT2D eigenvalue weighted by molar-refractivity contribution is 0.0952. The van der Waals surface area contributed by atoms with Crippen molar-refractivity contribution in [3.05, 3.63) is 85.9 Å². The maximum Gasteiger partial charge on any atom is 0.275 e. The van der Waals surface area contributed by atoms with Crippen molar-refractivity contribution in [1.82, 2.24) is 5.43 Å². The van der Waals surface area contributed by atoms with E-state index in [0.29, 0.717) is 28.7 Å². The van der Waals surface area contributed by atoms with Crippen LogP contribution in [-0.2, 0) is 6.61 Å². The van der Waals surface area contributed by atoms with Crippen LogP contribution >= 0.6 is 34.2 Å². The second-order valence-corrected chi connectivity index (χ2v) is 7.76. The standard InChI is InChI=1S/C22H18ClIN2O4/c1-29-20-11-15(12-25-26-22(28)17-4-2-3-5-19(17)27)10-18(24)21(20)30-13-14-6-8-16(23)9-7-14/h2-12,27H,13H2,1H3,(H,26,28)/b25-12+. The summed E-state index contributed by atoms with van der Waals surface area (Å²) < 4.78 is 12.2. The highest BCUT2D eigenvalue weighted by Crippen LogP contribution is 2.34. The molecule has 0 radical (unpaired) electrons. The van der Waals surface area contributed by atoms with Crippen LogP contribution in [0.25, 0.3) is 0 Å². The lowest BCUT2D eigenvalue weighted by atomic mass is 10.2. The third kappa shape index (κ3) is 5.64. The summed E-state index contributed by atoms with van der Waals surface area (Å²) in [5.41, 5.74) is 4.24. The van der Waals surface area contributed by atoms with Gasteiger partial charge in [-0.25, -0.2) is 5.43 Å². The van der Waals surface area contributed by atoms with Gasteiger partial charge in [0.05, 0.1) is 22.5 Å². The van der Waals surface area contributed by atoms with Crippen molar-refractivity contribution in [2.75, 3.05) is 7.11 Å². The van der Waals surface area contributed by atoms with Gasteiger partial charge in [0.2, 0.25) is 0 Å². The highest BCUT2D eigenvalue weighted by molar-refractivity contribution is 14.1. The molecular formula is C22H18ClIN2O4. The van der Waals surface area contributed by atoms with E-state index in [0.717, 1.165) is 9.13 Å². The fourth-order valence-electron chi connectivity index (χ4n) is 2.58. The van der Waals surface area contributed by atoms with E-state index < -0.39 is 5.91 Å². The summed E-state index contributed by atoms with van der Waals surface area (Å²) in [4.78, 5) is 12.1. The van der Waals surface area contributed by atoms with Gasteiger partial charge in [-0.05, 0) is 70.1 Å². The van der Waals surface area contributed by atoms with Crippen molar-refractivity contribution in [3.8, 4) is 17.2 Å². The van der Waals surface area contributed by atoms with Gasteiger partial charge in [-0.3, -0.25) is 4.79 Å². The number of halogens is 2. The first-order valence-electron chi connectivity index (χ1n) is 8.84. The molecule has 3 aromatic carbocycles. The zero-order chi connectivity index (χ0) is 21.5. The SMILES string of the molecule is COc1cc(/C=N/NC(=O)c2ccccc2O)cc(I)c1OCc1ccc(Cl)cc1. The average molecular weight is 537 g/mol. The number of hydrogen-bond acceptors (Lipinski definition) is 5. The number of aromatic hydroxyl groups is 1. The van der Waals surface area contributed by atoms with E-state index in [2.05, 4.69) is 33.1 Å². The van der Waals surface area contributed by atoms with E-state index in [9.17, 15) is 9.90 Å². The Kier molecular flexibility index (Phi) is 7.53. The second-order valence-electron chi connectivity index (χ2n) is 6.17. The summed E-state index contributed by atoms with van der Waals surface area (Å²) in [5, 5.41) is 14.4. The summed E-state index contributed by atoms with van der Waals surface area (Å²) in [6.07, 6.45) is 1.49. The Balaban J connectivity index is 1.70. The van der Waals surface area contributed by atoms with Crippen molar-refractivity contribution in [2.45, 2.75) is 6.61 Å². The molecule has 0 spiro atoms. The Morgan fingerprint density at radius 2 is 1.93 bits per heavy atom. The van der Waals surface area contributed by atoms with Gasteiger partial charge in [0.25, 0.3) is 5.91 Å². The van der Waals surface area contributed by atoms with E-state index >= 15 is 0 Å². The molecule has 0 aliphatic heterocycles. The van der Waals surface area contributed by atoms with E-state index in [1.807, 2.05) is 30.3 Å². The zero-order valence-electron chi connectivity index (χ0n) is 15.9. The number of rotatable bonds is 7. The van der Waals surface area contributed by atoms with Crippen LogP contribution in [0, 0.1) is 3.57 Å². The van der Waals surface area contributed by atoms with Gasteiger partial charge in [0, 0.05) is 5.02 Å². The summed E-state index contributed by atoms with van der Waals surface area (Å²) in [5.74, 6) is 0.547. The maximum absolute atomic E-state index is 12.1. The van der Waals surface area contributed by atoms with Gasteiger partial charge in [-0.2, -0.15) is 5.10 Å². The van der Waals surface area contributed by atoms with Crippen LogP contribution in [0.15, 0.2) is 65.8 Å². The van der Waals surface area contributed by atoms with Crippen molar-refractivity contribution >= 4 is 46.3 Å². The Hall–Kier alpha value is -2.78. The Morgan fingerprint density at radius 1 is 1.20 bits per heavy atom. The highest BCUT2D eigenvalue weighted by atomic mass is 127. The predicted octanol–water partition coefficient (Wildman–Crippen LogP) is 5.00. The minimum atomic E-state index is -0.506. The van der Waals surface area contributed by atoms with Crippen LogP contribution in [0.2, 0.25) is 5.02 Å². The number of hydrazone groups is 1. The first kappa shape index (κ1) is 21.9. The first-order valence-corrected chi connectivity index (χ1v) is 10.3. The smallest absolute Gasteiger partial charge is 0.275 e. The second kappa shape index (κ2) is 10.3. The molecular weight excluding hydrogens is 519 g/mol. The maximum atomic E-state index is 12.1. The molecule has 0 bridgehead atoms. The van der Waals surface area contributed by atoms with Gasteiger partial charge in [0.1, 0.15) is 12.4 Å². The van der Waals surface area contributed by atoms with E-state index in [1.165, 1.54) is 18.3 Å². The molecule has 8 heteroatoms. The molecule has 0 saturated carbocycles. The summed E-state index contributed by atoms with van der Waals surface area (Å²) in [7, 11) is 1.56. The number of carbonyl (C=O) groups is 1. The fourth-order valence-corrected chi connectivity index (χ4v) is 3.49. The topological polar surface area (TPSA) is 80.2 Å². The van der Waals surface area contributed by atoms with Gasteiger partial charge in [-0.15, -0.1) is 0 Å². The van der Waals surface area contributed by atoms with Crippen molar-refractivity contribution in [1.29, 1.82) is 0 Å². The molecule has 3 aromatic rings. The number of carbonyl (C=O) groups excluding carboxylic acids is 1. The van der Waals surface area contributed by atoms with Crippen LogP contribution in [-0.4, -0.2) is 24.3 Å². The predicted molar refractivity (Wildman–Crippen MR) is 125 cm³/mol. The van der Waals surface area contributed by atoms with Gasteiger partial charge in [-0.1, -0.05) is 35.9 Å².